The Bertz CT molecular complexity index is 919. The van der Waals surface area contributed by atoms with Crippen molar-refractivity contribution in [1.29, 1.82) is 0 Å². The maximum atomic E-state index is 13.9. The fourth-order valence-corrected chi connectivity index (χ4v) is 2.31. The van der Waals surface area contributed by atoms with Gasteiger partial charge in [0.15, 0.2) is 0 Å². The number of benzene rings is 2. The van der Waals surface area contributed by atoms with Crippen LogP contribution in [0.2, 0.25) is 0 Å². The van der Waals surface area contributed by atoms with Crippen LogP contribution < -0.4 is 10.6 Å². The van der Waals surface area contributed by atoms with E-state index in [-0.39, 0.29) is 12.1 Å². The predicted molar refractivity (Wildman–Crippen MR) is 84.2 cm³/mol. The molecule has 0 bridgehead atoms. The molecule has 0 saturated heterocycles. The summed E-state index contributed by atoms with van der Waals surface area (Å²) in [4.78, 5) is 23.4. The molecule has 13 heteroatoms. The number of hydrogen-bond donors (Lipinski definition) is 2. The minimum Gasteiger partial charge on any atom is -0.308 e. The third-order valence-corrected chi connectivity index (χ3v) is 3.74. The Hall–Kier alpha value is -3.25. The maximum Gasteiger partial charge on any atom is 0.435 e. The molecule has 0 fully saturated rings. The molecule has 2 aromatic carbocycles. The molecule has 0 aromatic heterocycles. The summed E-state index contributed by atoms with van der Waals surface area (Å²) in [5.41, 5.74) is -8.98. The van der Waals surface area contributed by atoms with E-state index in [1.165, 1.54) is 5.32 Å². The van der Waals surface area contributed by atoms with Gasteiger partial charge in [-0.1, -0.05) is 18.2 Å². The van der Waals surface area contributed by atoms with Crippen LogP contribution in [-0.4, -0.2) is 24.3 Å². The summed E-state index contributed by atoms with van der Waals surface area (Å²) in [6.07, 6.45) is -12.6. The van der Waals surface area contributed by atoms with Crippen molar-refractivity contribution in [1.82, 2.24) is 5.32 Å². The van der Waals surface area contributed by atoms with E-state index >= 15 is 0 Å². The van der Waals surface area contributed by atoms with Gasteiger partial charge in [0.2, 0.25) is 0 Å². The highest BCUT2D eigenvalue weighted by molar-refractivity contribution is 6.08. The molecule has 30 heavy (non-hydrogen) atoms. The highest BCUT2D eigenvalue weighted by atomic mass is 19.4. The molecule has 4 nitrogen and oxygen atoms in total. The van der Waals surface area contributed by atoms with E-state index in [0.717, 1.165) is 18.2 Å². The summed E-state index contributed by atoms with van der Waals surface area (Å²) in [7, 11) is 0. The molecule has 2 rings (SSSR count). The van der Waals surface area contributed by atoms with Crippen LogP contribution in [0.1, 0.15) is 15.9 Å². The van der Waals surface area contributed by atoms with E-state index in [2.05, 4.69) is 0 Å². The van der Waals surface area contributed by atoms with Gasteiger partial charge in [-0.3, -0.25) is 10.1 Å². The van der Waals surface area contributed by atoms with Crippen LogP contribution in [0.15, 0.2) is 42.5 Å². The van der Waals surface area contributed by atoms with Gasteiger partial charge in [0.1, 0.15) is 17.2 Å². The van der Waals surface area contributed by atoms with Gasteiger partial charge in [0.05, 0.1) is 0 Å². The molecule has 0 saturated carbocycles. The number of hydrogen-bond acceptors (Lipinski definition) is 2. The second-order valence-corrected chi connectivity index (χ2v) is 5.74. The van der Waals surface area contributed by atoms with Crippen molar-refractivity contribution in [2.24, 2.45) is 0 Å². The molecule has 0 heterocycles. The van der Waals surface area contributed by atoms with Crippen molar-refractivity contribution in [3.8, 4) is 0 Å². The van der Waals surface area contributed by atoms with Gasteiger partial charge < -0.3 is 5.32 Å². The first-order valence-corrected chi connectivity index (χ1v) is 7.67. The lowest BCUT2D eigenvalue weighted by atomic mass is 9.94. The van der Waals surface area contributed by atoms with Gasteiger partial charge in [0, 0.05) is 11.3 Å². The average Bonchev–Trinajstić information content (AvgIpc) is 2.59. The zero-order valence-electron chi connectivity index (χ0n) is 14.3. The Morgan fingerprint density at radius 1 is 0.733 bits per heavy atom. The van der Waals surface area contributed by atoms with Crippen molar-refractivity contribution in [3.63, 3.8) is 0 Å². The average molecular weight is 444 g/mol. The monoisotopic (exact) mass is 444 g/mol. The molecular formula is C17H9F9N2O2. The first-order valence-electron chi connectivity index (χ1n) is 7.67. The fraction of sp³-hybridized carbons (Fsp3) is 0.176. The first-order chi connectivity index (χ1) is 13.7. The number of imide groups is 1. The van der Waals surface area contributed by atoms with Crippen LogP contribution in [0.25, 0.3) is 0 Å². The molecular weight excluding hydrogens is 435 g/mol. The lowest BCUT2D eigenvalue weighted by molar-refractivity contribution is -0.348. The lowest BCUT2D eigenvalue weighted by Crippen LogP contribution is -2.50. The number of urea groups is 1. The van der Waals surface area contributed by atoms with E-state index in [9.17, 15) is 49.1 Å². The largest absolute Gasteiger partial charge is 0.435 e. The molecule has 0 aliphatic rings. The molecule has 2 aromatic rings. The van der Waals surface area contributed by atoms with Crippen LogP contribution in [0.3, 0.4) is 0 Å². The van der Waals surface area contributed by atoms with Crippen molar-refractivity contribution in [2.75, 3.05) is 5.32 Å². The predicted octanol–water partition coefficient (Wildman–Crippen LogP) is 5.22. The highest BCUT2D eigenvalue weighted by Gasteiger charge is 2.73. The maximum absolute atomic E-state index is 13.9. The summed E-state index contributed by atoms with van der Waals surface area (Å²) in [5.74, 6) is -4.08. The van der Waals surface area contributed by atoms with Crippen LogP contribution >= 0.6 is 0 Å². The lowest BCUT2D eigenvalue weighted by Gasteiger charge is -2.30. The summed E-state index contributed by atoms with van der Waals surface area (Å²) >= 11 is 0. The zero-order chi connectivity index (χ0) is 22.9. The normalized spacial score (nSPS) is 12.4. The van der Waals surface area contributed by atoms with Crippen molar-refractivity contribution in [3.05, 3.63) is 65.2 Å². The van der Waals surface area contributed by atoms with Crippen molar-refractivity contribution < 1.29 is 49.1 Å². The summed E-state index contributed by atoms with van der Waals surface area (Å²) < 4.78 is 117. The van der Waals surface area contributed by atoms with Gasteiger partial charge in [-0.05, 0) is 24.3 Å². The van der Waals surface area contributed by atoms with Gasteiger partial charge in [-0.25, -0.2) is 18.0 Å². The summed E-state index contributed by atoms with van der Waals surface area (Å²) in [6.45, 7) is 0. The van der Waals surface area contributed by atoms with Crippen LogP contribution in [0.4, 0.5) is 50.0 Å². The Kier molecular flexibility index (Phi) is 6.05. The smallest absolute Gasteiger partial charge is 0.308 e. The summed E-state index contributed by atoms with van der Waals surface area (Å²) in [6, 6.07) is 2.30. The molecule has 162 valence electrons. The van der Waals surface area contributed by atoms with Gasteiger partial charge >= 0.3 is 24.1 Å². The molecule has 2 N–H and O–H groups in total. The Balaban J connectivity index is 2.18. The number of carbonyl (C=O) groups excluding carboxylic acids is 2. The number of halogens is 9. The molecule has 0 unspecified atom stereocenters. The first kappa shape index (κ1) is 23.0. The highest BCUT2D eigenvalue weighted by Crippen LogP contribution is 2.53. The van der Waals surface area contributed by atoms with Crippen molar-refractivity contribution in [2.45, 2.75) is 18.0 Å². The Morgan fingerprint density at radius 2 is 1.20 bits per heavy atom. The standard InChI is InChI=1S/C17H9F9N2O2/c18-10-2-1-3-11(19)12(10)13(29)28-14(30)27-9-6-4-8(5-7-9)15(20,16(21,22)23)17(24,25)26/h1-7H,(H2,27,28,29,30). The minimum atomic E-state index is -6.31. The number of carbonyl (C=O) groups is 2. The molecule has 0 aliphatic heterocycles. The number of alkyl halides is 7. The number of nitrogens with one attached hydrogen (secondary N) is 2. The molecule has 0 radical (unpaired) electrons. The fourth-order valence-electron chi connectivity index (χ4n) is 2.31. The van der Waals surface area contributed by atoms with E-state index in [1.54, 1.807) is 0 Å². The molecule has 0 aliphatic carbocycles. The second kappa shape index (κ2) is 7.88. The van der Waals surface area contributed by atoms with E-state index in [0.29, 0.717) is 12.1 Å². The minimum absolute atomic E-state index is 0.134. The number of amides is 3. The molecule has 0 spiro atoms. The van der Waals surface area contributed by atoms with E-state index in [4.69, 9.17) is 0 Å². The van der Waals surface area contributed by atoms with Gasteiger partial charge in [0.25, 0.3) is 5.91 Å². The quantitative estimate of drug-likeness (QED) is 0.639. The molecule has 0 atom stereocenters. The Labute approximate surface area is 161 Å². The van der Waals surface area contributed by atoms with E-state index in [1.807, 2.05) is 5.32 Å². The third-order valence-electron chi connectivity index (χ3n) is 3.74. The van der Waals surface area contributed by atoms with Crippen LogP contribution in [-0.2, 0) is 5.67 Å². The van der Waals surface area contributed by atoms with Crippen LogP contribution in [0, 0.1) is 11.6 Å². The molecule has 3 amide bonds. The third kappa shape index (κ3) is 4.33. The Morgan fingerprint density at radius 3 is 1.63 bits per heavy atom. The van der Waals surface area contributed by atoms with E-state index < -0.39 is 58.4 Å². The number of anilines is 1. The summed E-state index contributed by atoms with van der Waals surface area (Å²) in [5, 5.41) is 3.35. The van der Waals surface area contributed by atoms with Crippen LogP contribution in [0.5, 0.6) is 0 Å². The SMILES string of the molecule is O=C(NC(=O)c1c(F)cccc1F)Nc1ccc(C(F)(C(F)(F)F)C(F)(F)F)cc1. The zero-order valence-corrected chi connectivity index (χ0v) is 14.3. The van der Waals surface area contributed by atoms with Crippen molar-refractivity contribution >= 4 is 17.6 Å². The van der Waals surface area contributed by atoms with Gasteiger partial charge in [-0.15, -0.1) is 0 Å². The second-order valence-electron chi connectivity index (χ2n) is 5.74. The van der Waals surface area contributed by atoms with Gasteiger partial charge in [-0.2, -0.15) is 26.3 Å². The number of rotatable bonds is 3. The topological polar surface area (TPSA) is 58.2 Å².